The minimum atomic E-state index is -0.450. The molecule has 3 N–H and O–H groups in total. The molecule has 112 valence electrons. The number of carbonyl (C=O) groups excluding carboxylic acids is 1. The standard InChI is InChI=1S/C17H23N3O/c1-12-5-4-8-20(11-12)17(21)15(18)9-13-10-19-16-7-3-2-6-14(13)16/h2-3,6-7,10,12,15,19H,4-5,8-9,11,18H2,1H3/t12?,15-/m0/s1. The van der Waals surface area contributed by atoms with E-state index in [9.17, 15) is 4.79 Å². The summed E-state index contributed by atoms with van der Waals surface area (Å²) in [5.41, 5.74) is 8.39. The molecule has 2 heterocycles. The van der Waals surface area contributed by atoms with Crippen molar-refractivity contribution < 1.29 is 4.79 Å². The van der Waals surface area contributed by atoms with Gasteiger partial charge < -0.3 is 15.6 Å². The summed E-state index contributed by atoms with van der Waals surface area (Å²) in [6.45, 7) is 3.90. The van der Waals surface area contributed by atoms with Crippen LogP contribution in [0.2, 0.25) is 0 Å². The number of nitrogens with one attached hydrogen (secondary N) is 1. The highest BCUT2D eigenvalue weighted by molar-refractivity contribution is 5.86. The maximum atomic E-state index is 12.5. The molecule has 1 fully saturated rings. The lowest BCUT2D eigenvalue weighted by Gasteiger charge is -2.32. The van der Waals surface area contributed by atoms with Crippen molar-refractivity contribution in [1.29, 1.82) is 0 Å². The third-order valence-electron chi connectivity index (χ3n) is 4.40. The SMILES string of the molecule is CC1CCCN(C(=O)[C@@H](N)Cc2c[nH]c3ccccc23)C1. The van der Waals surface area contributed by atoms with Gasteiger partial charge in [0.15, 0.2) is 0 Å². The Kier molecular flexibility index (Phi) is 3.97. The Morgan fingerprint density at radius 2 is 2.29 bits per heavy atom. The molecular formula is C17H23N3O. The largest absolute Gasteiger partial charge is 0.361 e. The predicted octanol–water partition coefficient (Wildman–Crippen LogP) is 2.30. The van der Waals surface area contributed by atoms with E-state index < -0.39 is 6.04 Å². The number of carbonyl (C=O) groups is 1. The number of piperidine rings is 1. The molecule has 1 aromatic heterocycles. The van der Waals surface area contributed by atoms with E-state index in [0.717, 1.165) is 36.0 Å². The van der Waals surface area contributed by atoms with E-state index in [4.69, 9.17) is 5.73 Å². The number of H-pyrrole nitrogens is 1. The molecule has 0 bridgehead atoms. The topological polar surface area (TPSA) is 62.1 Å². The molecule has 1 aromatic carbocycles. The van der Waals surface area contributed by atoms with Gasteiger partial charge in [-0.1, -0.05) is 25.1 Å². The van der Waals surface area contributed by atoms with Gasteiger partial charge >= 0.3 is 0 Å². The zero-order valence-electron chi connectivity index (χ0n) is 12.5. The Morgan fingerprint density at radius 3 is 3.10 bits per heavy atom. The van der Waals surface area contributed by atoms with Crippen LogP contribution in [0.15, 0.2) is 30.5 Å². The molecule has 4 nitrogen and oxygen atoms in total. The van der Waals surface area contributed by atoms with E-state index in [1.165, 1.54) is 6.42 Å². The van der Waals surface area contributed by atoms with Crippen LogP contribution in [0.1, 0.15) is 25.3 Å². The molecule has 0 aliphatic carbocycles. The van der Waals surface area contributed by atoms with E-state index in [1.54, 1.807) is 0 Å². The van der Waals surface area contributed by atoms with Gasteiger partial charge in [0.1, 0.15) is 0 Å². The maximum Gasteiger partial charge on any atom is 0.239 e. The Hall–Kier alpha value is -1.81. The van der Waals surface area contributed by atoms with Crippen molar-refractivity contribution >= 4 is 16.8 Å². The fourth-order valence-electron chi connectivity index (χ4n) is 3.25. The van der Waals surface area contributed by atoms with Crippen molar-refractivity contribution in [3.63, 3.8) is 0 Å². The van der Waals surface area contributed by atoms with E-state index in [-0.39, 0.29) is 5.91 Å². The minimum absolute atomic E-state index is 0.0897. The van der Waals surface area contributed by atoms with Gasteiger partial charge in [0.25, 0.3) is 0 Å². The zero-order chi connectivity index (χ0) is 14.8. The summed E-state index contributed by atoms with van der Waals surface area (Å²) in [6.07, 6.45) is 4.86. The maximum absolute atomic E-state index is 12.5. The lowest BCUT2D eigenvalue weighted by atomic mass is 9.98. The third-order valence-corrected chi connectivity index (χ3v) is 4.40. The molecule has 2 atom stereocenters. The highest BCUT2D eigenvalue weighted by atomic mass is 16.2. The average molecular weight is 285 g/mol. The molecule has 1 aliphatic rings. The first-order valence-electron chi connectivity index (χ1n) is 7.74. The molecule has 4 heteroatoms. The normalized spacial score (nSPS) is 20.7. The number of hydrogen-bond donors (Lipinski definition) is 2. The second-order valence-corrected chi connectivity index (χ2v) is 6.20. The van der Waals surface area contributed by atoms with Gasteiger partial charge in [-0.2, -0.15) is 0 Å². The van der Waals surface area contributed by atoms with Gasteiger partial charge in [-0.25, -0.2) is 0 Å². The van der Waals surface area contributed by atoms with E-state index >= 15 is 0 Å². The molecular weight excluding hydrogens is 262 g/mol. The molecule has 1 aliphatic heterocycles. The molecule has 0 saturated carbocycles. The number of nitrogens with two attached hydrogens (primary N) is 1. The first-order chi connectivity index (χ1) is 10.1. The van der Waals surface area contributed by atoms with Crippen molar-refractivity contribution in [2.24, 2.45) is 11.7 Å². The quantitative estimate of drug-likeness (QED) is 0.909. The first-order valence-corrected chi connectivity index (χ1v) is 7.74. The molecule has 2 aromatic rings. The lowest BCUT2D eigenvalue weighted by Crippen LogP contribution is -2.48. The van der Waals surface area contributed by atoms with Crippen LogP contribution in [0.3, 0.4) is 0 Å². The summed E-state index contributed by atoms with van der Waals surface area (Å²) in [6, 6.07) is 7.68. The molecule has 21 heavy (non-hydrogen) atoms. The predicted molar refractivity (Wildman–Crippen MR) is 85.0 cm³/mol. The van der Waals surface area contributed by atoms with Crippen LogP contribution >= 0.6 is 0 Å². The molecule has 1 amide bonds. The average Bonchev–Trinajstić information content (AvgIpc) is 2.90. The number of nitrogens with zero attached hydrogens (tertiary/aromatic N) is 1. The number of benzene rings is 1. The molecule has 1 unspecified atom stereocenters. The van der Waals surface area contributed by atoms with Crippen LogP contribution in [-0.2, 0) is 11.2 Å². The van der Waals surface area contributed by atoms with Crippen LogP contribution in [0.4, 0.5) is 0 Å². The molecule has 0 radical (unpaired) electrons. The van der Waals surface area contributed by atoms with Crippen LogP contribution in [0.25, 0.3) is 10.9 Å². The van der Waals surface area contributed by atoms with E-state index in [0.29, 0.717) is 12.3 Å². The fraction of sp³-hybridized carbons (Fsp3) is 0.471. The number of aromatic nitrogens is 1. The van der Waals surface area contributed by atoms with Gasteiger partial charge in [-0.05, 0) is 36.8 Å². The van der Waals surface area contributed by atoms with Crippen molar-refractivity contribution in [3.8, 4) is 0 Å². The van der Waals surface area contributed by atoms with Crippen LogP contribution < -0.4 is 5.73 Å². The summed E-state index contributed by atoms with van der Waals surface area (Å²) in [7, 11) is 0. The Morgan fingerprint density at radius 1 is 1.48 bits per heavy atom. The summed E-state index contributed by atoms with van der Waals surface area (Å²) < 4.78 is 0. The van der Waals surface area contributed by atoms with Crippen molar-refractivity contribution in [2.75, 3.05) is 13.1 Å². The Labute approximate surface area is 125 Å². The van der Waals surface area contributed by atoms with Gasteiger partial charge in [-0.3, -0.25) is 4.79 Å². The minimum Gasteiger partial charge on any atom is -0.361 e. The van der Waals surface area contributed by atoms with Crippen LogP contribution in [0.5, 0.6) is 0 Å². The number of fused-ring (bicyclic) bond motifs is 1. The van der Waals surface area contributed by atoms with Gasteiger partial charge in [0.05, 0.1) is 6.04 Å². The highest BCUT2D eigenvalue weighted by Crippen LogP contribution is 2.20. The van der Waals surface area contributed by atoms with Crippen LogP contribution in [-0.4, -0.2) is 34.9 Å². The number of aromatic amines is 1. The van der Waals surface area contributed by atoms with E-state index in [2.05, 4.69) is 18.0 Å². The van der Waals surface area contributed by atoms with Crippen molar-refractivity contribution in [2.45, 2.75) is 32.2 Å². The Balaban J connectivity index is 1.70. The fourth-order valence-corrected chi connectivity index (χ4v) is 3.25. The lowest BCUT2D eigenvalue weighted by molar-refractivity contribution is -0.134. The number of rotatable bonds is 3. The second kappa shape index (κ2) is 5.90. The summed E-state index contributed by atoms with van der Waals surface area (Å²) in [4.78, 5) is 17.7. The Bertz CT molecular complexity index is 634. The summed E-state index contributed by atoms with van der Waals surface area (Å²) in [5.74, 6) is 0.676. The zero-order valence-corrected chi connectivity index (χ0v) is 12.5. The van der Waals surface area contributed by atoms with Gasteiger partial charge in [0, 0.05) is 30.2 Å². The van der Waals surface area contributed by atoms with Gasteiger partial charge in [0.2, 0.25) is 5.91 Å². The van der Waals surface area contributed by atoms with Gasteiger partial charge in [-0.15, -0.1) is 0 Å². The number of likely N-dealkylation sites (tertiary alicyclic amines) is 1. The molecule has 3 rings (SSSR count). The summed E-state index contributed by atoms with van der Waals surface area (Å²) in [5, 5.41) is 1.16. The first kappa shape index (κ1) is 14.1. The third kappa shape index (κ3) is 2.95. The smallest absolute Gasteiger partial charge is 0.239 e. The second-order valence-electron chi connectivity index (χ2n) is 6.20. The van der Waals surface area contributed by atoms with Crippen molar-refractivity contribution in [1.82, 2.24) is 9.88 Å². The van der Waals surface area contributed by atoms with Crippen LogP contribution in [0, 0.1) is 5.92 Å². The van der Waals surface area contributed by atoms with E-state index in [1.807, 2.05) is 29.3 Å². The number of amides is 1. The number of para-hydroxylation sites is 1. The molecule has 1 saturated heterocycles. The van der Waals surface area contributed by atoms with Crippen molar-refractivity contribution in [3.05, 3.63) is 36.0 Å². The highest BCUT2D eigenvalue weighted by Gasteiger charge is 2.25. The summed E-state index contributed by atoms with van der Waals surface area (Å²) >= 11 is 0. The molecule has 0 spiro atoms. The monoisotopic (exact) mass is 285 g/mol. The number of hydrogen-bond acceptors (Lipinski definition) is 2.